The first-order valence-corrected chi connectivity index (χ1v) is 9.18. The molecular formula is C17H23BrCl2. The molecule has 1 unspecified atom stereocenters. The van der Waals surface area contributed by atoms with Gasteiger partial charge in [0, 0.05) is 4.83 Å². The Bertz CT molecular complexity index is 450. The number of hydrogen-bond donors (Lipinski definition) is 0. The van der Waals surface area contributed by atoms with Crippen LogP contribution in [0.1, 0.15) is 51.5 Å². The SMILES string of the molecule is CC(C)CC1(C(Br)Cc2ccc(Cl)c(Cl)c2)CCCC1. The summed E-state index contributed by atoms with van der Waals surface area (Å²) in [5.41, 5.74) is 1.73. The number of benzene rings is 1. The van der Waals surface area contributed by atoms with Gasteiger partial charge in [-0.05, 0) is 54.7 Å². The predicted molar refractivity (Wildman–Crippen MR) is 93.2 cm³/mol. The molecule has 0 aliphatic heterocycles. The van der Waals surface area contributed by atoms with Crippen molar-refractivity contribution < 1.29 is 0 Å². The van der Waals surface area contributed by atoms with Crippen LogP contribution >= 0.6 is 39.1 Å². The fraction of sp³-hybridized carbons (Fsp3) is 0.647. The first kappa shape index (κ1) is 16.6. The van der Waals surface area contributed by atoms with E-state index in [-0.39, 0.29) is 0 Å². The fourth-order valence-corrected chi connectivity index (χ4v) is 4.97. The molecule has 1 atom stereocenters. The van der Waals surface area contributed by atoms with Gasteiger partial charge in [-0.15, -0.1) is 0 Å². The Balaban J connectivity index is 2.12. The molecule has 1 aliphatic carbocycles. The predicted octanol–water partition coefficient (Wildman–Crippen LogP) is 6.91. The second kappa shape index (κ2) is 7.03. The van der Waals surface area contributed by atoms with E-state index in [2.05, 4.69) is 35.8 Å². The Hall–Kier alpha value is 0.280. The molecule has 1 saturated carbocycles. The van der Waals surface area contributed by atoms with Crippen molar-refractivity contribution in [2.75, 3.05) is 0 Å². The van der Waals surface area contributed by atoms with Gasteiger partial charge in [-0.25, -0.2) is 0 Å². The maximum atomic E-state index is 6.13. The van der Waals surface area contributed by atoms with E-state index >= 15 is 0 Å². The third kappa shape index (κ3) is 3.93. The smallest absolute Gasteiger partial charge is 0.0595 e. The van der Waals surface area contributed by atoms with Gasteiger partial charge in [-0.1, -0.05) is 71.9 Å². The van der Waals surface area contributed by atoms with E-state index in [1.807, 2.05) is 12.1 Å². The van der Waals surface area contributed by atoms with E-state index in [0.29, 0.717) is 20.3 Å². The summed E-state index contributed by atoms with van der Waals surface area (Å²) < 4.78 is 0. The average Bonchev–Trinajstić information content (AvgIpc) is 2.83. The lowest BCUT2D eigenvalue weighted by Gasteiger charge is -2.36. The number of halogens is 3. The largest absolute Gasteiger partial charge is 0.0881 e. The molecule has 0 spiro atoms. The molecule has 2 rings (SSSR count). The second-order valence-electron chi connectivity index (χ2n) is 6.59. The summed E-state index contributed by atoms with van der Waals surface area (Å²) in [5, 5.41) is 1.30. The van der Waals surface area contributed by atoms with E-state index in [0.717, 1.165) is 12.3 Å². The van der Waals surface area contributed by atoms with Crippen molar-refractivity contribution in [1.82, 2.24) is 0 Å². The van der Waals surface area contributed by atoms with Crippen LogP contribution in [-0.2, 0) is 6.42 Å². The standard InChI is InChI=1S/C17H23BrCl2/c1-12(2)11-17(7-3-4-8-17)16(18)10-13-5-6-14(19)15(20)9-13/h5-6,9,12,16H,3-4,7-8,10-11H2,1-2H3. The van der Waals surface area contributed by atoms with Crippen LogP contribution in [0, 0.1) is 11.3 Å². The lowest BCUT2D eigenvalue weighted by atomic mass is 9.74. The maximum absolute atomic E-state index is 6.13. The van der Waals surface area contributed by atoms with Crippen molar-refractivity contribution in [3.8, 4) is 0 Å². The van der Waals surface area contributed by atoms with Crippen molar-refractivity contribution in [3.05, 3.63) is 33.8 Å². The molecule has 0 heterocycles. The number of alkyl halides is 1. The van der Waals surface area contributed by atoms with E-state index in [1.165, 1.54) is 37.7 Å². The van der Waals surface area contributed by atoms with Crippen LogP contribution in [0.25, 0.3) is 0 Å². The van der Waals surface area contributed by atoms with Gasteiger partial charge in [-0.3, -0.25) is 0 Å². The molecule has 0 amide bonds. The van der Waals surface area contributed by atoms with Crippen LogP contribution in [0.2, 0.25) is 10.0 Å². The molecule has 20 heavy (non-hydrogen) atoms. The number of hydrogen-bond acceptors (Lipinski definition) is 0. The topological polar surface area (TPSA) is 0 Å². The summed E-state index contributed by atoms with van der Waals surface area (Å²) in [6.07, 6.45) is 7.78. The van der Waals surface area contributed by atoms with Crippen molar-refractivity contribution in [3.63, 3.8) is 0 Å². The summed E-state index contributed by atoms with van der Waals surface area (Å²) in [4.78, 5) is 0.525. The molecule has 1 fully saturated rings. The third-order valence-electron chi connectivity index (χ3n) is 4.48. The van der Waals surface area contributed by atoms with Crippen molar-refractivity contribution in [1.29, 1.82) is 0 Å². The molecule has 0 N–H and O–H groups in total. The van der Waals surface area contributed by atoms with Crippen LogP contribution in [0.4, 0.5) is 0 Å². The second-order valence-corrected chi connectivity index (χ2v) is 8.51. The molecule has 0 radical (unpaired) electrons. The van der Waals surface area contributed by atoms with E-state index in [9.17, 15) is 0 Å². The zero-order chi connectivity index (χ0) is 14.8. The van der Waals surface area contributed by atoms with Crippen LogP contribution in [0.15, 0.2) is 18.2 Å². The monoisotopic (exact) mass is 376 g/mol. The fourth-order valence-electron chi connectivity index (χ4n) is 3.63. The van der Waals surface area contributed by atoms with Crippen LogP contribution < -0.4 is 0 Å². The summed E-state index contributed by atoms with van der Waals surface area (Å²) in [6.45, 7) is 4.66. The van der Waals surface area contributed by atoms with E-state index in [4.69, 9.17) is 23.2 Å². The molecule has 0 bridgehead atoms. The minimum atomic E-state index is 0.459. The molecule has 0 saturated heterocycles. The molecule has 112 valence electrons. The van der Waals surface area contributed by atoms with Crippen molar-refractivity contribution in [2.24, 2.45) is 11.3 Å². The third-order valence-corrected chi connectivity index (χ3v) is 6.51. The molecule has 1 aromatic rings. The molecular weight excluding hydrogens is 355 g/mol. The van der Waals surface area contributed by atoms with Gasteiger partial charge in [-0.2, -0.15) is 0 Å². The highest BCUT2D eigenvalue weighted by Gasteiger charge is 2.40. The van der Waals surface area contributed by atoms with Gasteiger partial charge in [0.25, 0.3) is 0 Å². The summed E-state index contributed by atoms with van der Waals surface area (Å²) in [5.74, 6) is 0.752. The Morgan fingerprint density at radius 3 is 2.35 bits per heavy atom. The van der Waals surface area contributed by atoms with Crippen molar-refractivity contribution in [2.45, 2.75) is 57.2 Å². The highest BCUT2D eigenvalue weighted by molar-refractivity contribution is 9.09. The summed E-state index contributed by atoms with van der Waals surface area (Å²) >= 11 is 16.1. The maximum Gasteiger partial charge on any atom is 0.0595 e. The molecule has 3 heteroatoms. The van der Waals surface area contributed by atoms with Crippen LogP contribution in [-0.4, -0.2) is 4.83 Å². The zero-order valence-corrected chi connectivity index (χ0v) is 15.4. The first-order valence-electron chi connectivity index (χ1n) is 7.51. The number of rotatable bonds is 5. The summed E-state index contributed by atoms with van der Waals surface area (Å²) in [7, 11) is 0. The first-order chi connectivity index (χ1) is 9.43. The van der Waals surface area contributed by atoms with Gasteiger partial charge in [0.2, 0.25) is 0 Å². The Morgan fingerprint density at radius 2 is 1.80 bits per heavy atom. The van der Waals surface area contributed by atoms with Gasteiger partial charge in [0.1, 0.15) is 0 Å². The van der Waals surface area contributed by atoms with Crippen molar-refractivity contribution >= 4 is 39.1 Å². The lowest BCUT2D eigenvalue weighted by molar-refractivity contribution is 0.228. The lowest BCUT2D eigenvalue weighted by Crippen LogP contribution is -2.31. The quantitative estimate of drug-likeness (QED) is 0.489. The normalized spacial score (nSPS) is 19.5. The minimum absolute atomic E-state index is 0.459. The van der Waals surface area contributed by atoms with Crippen LogP contribution in [0.5, 0.6) is 0 Å². The molecule has 1 aliphatic rings. The highest BCUT2D eigenvalue weighted by atomic mass is 79.9. The molecule has 0 nitrogen and oxygen atoms in total. The van der Waals surface area contributed by atoms with E-state index in [1.54, 1.807) is 0 Å². The summed E-state index contributed by atoms with van der Waals surface area (Å²) in [6, 6.07) is 6.01. The van der Waals surface area contributed by atoms with Gasteiger partial charge < -0.3 is 0 Å². The average molecular weight is 378 g/mol. The zero-order valence-electron chi connectivity index (χ0n) is 12.3. The van der Waals surface area contributed by atoms with Gasteiger partial charge in [0.15, 0.2) is 0 Å². The Labute approximate surface area is 141 Å². The molecule has 1 aromatic carbocycles. The van der Waals surface area contributed by atoms with Gasteiger partial charge in [0.05, 0.1) is 10.0 Å². The van der Waals surface area contributed by atoms with E-state index < -0.39 is 0 Å². The van der Waals surface area contributed by atoms with Crippen LogP contribution in [0.3, 0.4) is 0 Å². The Morgan fingerprint density at radius 1 is 1.15 bits per heavy atom. The highest BCUT2D eigenvalue weighted by Crippen LogP contribution is 2.49. The Kier molecular flexibility index (Phi) is 5.85. The minimum Gasteiger partial charge on any atom is -0.0881 e. The van der Waals surface area contributed by atoms with Gasteiger partial charge >= 0.3 is 0 Å². The molecule has 0 aromatic heterocycles.